The standard InChI is InChI=1S/C16H24ClNO/c1-3-10-18-15(16(19-2)8-5-9-16)12-13-6-4-7-14(17)11-13/h4,6-7,11,15,18H,3,5,8-10,12H2,1-2H3. The van der Waals surface area contributed by atoms with Gasteiger partial charge in [-0.2, -0.15) is 0 Å². The van der Waals surface area contributed by atoms with Crippen LogP contribution in [0.2, 0.25) is 5.02 Å². The molecular weight excluding hydrogens is 258 g/mol. The van der Waals surface area contributed by atoms with Gasteiger partial charge in [-0.3, -0.25) is 0 Å². The number of rotatable bonds is 7. The van der Waals surface area contributed by atoms with Gasteiger partial charge < -0.3 is 10.1 Å². The van der Waals surface area contributed by atoms with Gasteiger partial charge in [0.05, 0.1) is 5.60 Å². The van der Waals surface area contributed by atoms with Crippen molar-refractivity contribution < 1.29 is 4.74 Å². The number of ether oxygens (including phenoxy) is 1. The minimum atomic E-state index is 0.0253. The normalized spacial score (nSPS) is 18.9. The molecule has 2 rings (SSSR count). The second kappa shape index (κ2) is 6.74. The van der Waals surface area contributed by atoms with E-state index < -0.39 is 0 Å². The topological polar surface area (TPSA) is 21.3 Å². The summed E-state index contributed by atoms with van der Waals surface area (Å²) in [5, 5.41) is 4.47. The molecule has 3 heteroatoms. The van der Waals surface area contributed by atoms with Crippen molar-refractivity contribution in [3.63, 3.8) is 0 Å². The average molecular weight is 282 g/mol. The molecule has 0 aliphatic heterocycles. The molecule has 19 heavy (non-hydrogen) atoms. The molecule has 1 saturated carbocycles. The van der Waals surface area contributed by atoms with Crippen molar-refractivity contribution in [2.45, 2.75) is 50.7 Å². The average Bonchev–Trinajstić information content (AvgIpc) is 2.35. The minimum Gasteiger partial charge on any atom is -0.377 e. The van der Waals surface area contributed by atoms with Gasteiger partial charge in [0.1, 0.15) is 0 Å². The Morgan fingerprint density at radius 1 is 1.42 bits per heavy atom. The summed E-state index contributed by atoms with van der Waals surface area (Å²) in [5.41, 5.74) is 1.31. The van der Waals surface area contributed by atoms with Crippen molar-refractivity contribution in [3.8, 4) is 0 Å². The highest BCUT2D eigenvalue weighted by Crippen LogP contribution is 2.39. The summed E-state index contributed by atoms with van der Waals surface area (Å²) in [4.78, 5) is 0. The molecule has 0 heterocycles. The Bertz CT molecular complexity index is 398. The molecule has 1 aromatic rings. The fourth-order valence-electron chi connectivity index (χ4n) is 2.88. The van der Waals surface area contributed by atoms with Gasteiger partial charge >= 0.3 is 0 Å². The maximum atomic E-state index is 6.08. The lowest BCUT2D eigenvalue weighted by Crippen LogP contribution is -2.57. The summed E-state index contributed by atoms with van der Waals surface area (Å²) in [6.07, 6.45) is 5.71. The zero-order chi connectivity index (χ0) is 13.7. The van der Waals surface area contributed by atoms with E-state index in [0.717, 1.165) is 37.3 Å². The lowest BCUT2D eigenvalue weighted by Gasteiger charge is -2.47. The molecule has 2 nitrogen and oxygen atoms in total. The Morgan fingerprint density at radius 3 is 2.74 bits per heavy atom. The van der Waals surface area contributed by atoms with E-state index in [1.165, 1.54) is 12.0 Å². The van der Waals surface area contributed by atoms with Gasteiger partial charge in [0.2, 0.25) is 0 Å². The number of benzene rings is 1. The minimum absolute atomic E-state index is 0.0253. The molecule has 1 aromatic carbocycles. The number of nitrogens with one attached hydrogen (secondary N) is 1. The molecule has 1 unspecified atom stereocenters. The Labute approximate surface area is 121 Å². The first-order valence-electron chi connectivity index (χ1n) is 7.23. The Hall–Kier alpha value is -0.570. The first-order valence-corrected chi connectivity index (χ1v) is 7.61. The van der Waals surface area contributed by atoms with Crippen LogP contribution in [0, 0.1) is 0 Å². The molecule has 1 aliphatic rings. The van der Waals surface area contributed by atoms with E-state index in [0.29, 0.717) is 6.04 Å². The maximum absolute atomic E-state index is 6.08. The van der Waals surface area contributed by atoms with Gasteiger partial charge in [0.15, 0.2) is 0 Å². The fourth-order valence-corrected chi connectivity index (χ4v) is 3.10. The van der Waals surface area contributed by atoms with Crippen LogP contribution in [0.5, 0.6) is 0 Å². The Balaban J connectivity index is 2.09. The first kappa shape index (κ1) is 14.8. The number of hydrogen-bond acceptors (Lipinski definition) is 2. The SMILES string of the molecule is CCCNC(Cc1cccc(Cl)c1)C1(OC)CCC1. The molecule has 0 bridgehead atoms. The fraction of sp³-hybridized carbons (Fsp3) is 0.625. The Kier molecular flexibility index (Phi) is 5.26. The molecule has 1 atom stereocenters. The van der Waals surface area contributed by atoms with Crippen molar-refractivity contribution in [2.24, 2.45) is 0 Å². The second-order valence-corrected chi connectivity index (χ2v) is 5.90. The highest BCUT2D eigenvalue weighted by Gasteiger charge is 2.43. The molecule has 1 aliphatic carbocycles. The number of hydrogen-bond donors (Lipinski definition) is 1. The van der Waals surface area contributed by atoms with E-state index in [9.17, 15) is 0 Å². The van der Waals surface area contributed by atoms with E-state index in [4.69, 9.17) is 16.3 Å². The highest BCUT2D eigenvalue weighted by atomic mass is 35.5. The molecular formula is C16H24ClNO. The van der Waals surface area contributed by atoms with Crippen LogP contribution in [-0.4, -0.2) is 25.3 Å². The monoisotopic (exact) mass is 281 g/mol. The van der Waals surface area contributed by atoms with Crippen LogP contribution in [0.4, 0.5) is 0 Å². The van der Waals surface area contributed by atoms with Crippen molar-refractivity contribution in [2.75, 3.05) is 13.7 Å². The predicted octanol–water partition coefficient (Wildman–Crippen LogP) is 3.82. The summed E-state index contributed by atoms with van der Waals surface area (Å²) in [7, 11) is 1.84. The van der Waals surface area contributed by atoms with Crippen LogP contribution in [0.25, 0.3) is 0 Å². The molecule has 106 valence electrons. The second-order valence-electron chi connectivity index (χ2n) is 5.46. The van der Waals surface area contributed by atoms with Crippen molar-refractivity contribution in [3.05, 3.63) is 34.9 Å². The predicted molar refractivity (Wildman–Crippen MR) is 80.8 cm³/mol. The third kappa shape index (κ3) is 3.50. The summed E-state index contributed by atoms with van der Waals surface area (Å²) < 4.78 is 5.84. The summed E-state index contributed by atoms with van der Waals surface area (Å²) in [6.45, 7) is 3.24. The van der Waals surface area contributed by atoms with Gasteiger partial charge in [0, 0.05) is 18.2 Å². The van der Waals surface area contributed by atoms with E-state index >= 15 is 0 Å². The van der Waals surface area contributed by atoms with E-state index in [1.54, 1.807) is 0 Å². The van der Waals surface area contributed by atoms with Crippen LogP contribution in [0.3, 0.4) is 0 Å². The molecule has 0 aromatic heterocycles. The summed E-state index contributed by atoms with van der Waals surface area (Å²) in [6, 6.07) is 8.53. The zero-order valence-corrected chi connectivity index (χ0v) is 12.7. The molecule has 0 radical (unpaired) electrons. The molecule has 0 spiro atoms. The van der Waals surface area contributed by atoms with Gasteiger partial charge in [-0.15, -0.1) is 0 Å². The van der Waals surface area contributed by atoms with Crippen LogP contribution in [0.15, 0.2) is 24.3 Å². The van der Waals surface area contributed by atoms with Crippen molar-refractivity contribution in [1.29, 1.82) is 0 Å². The van der Waals surface area contributed by atoms with Gasteiger partial charge in [0.25, 0.3) is 0 Å². The number of methoxy groups -OCH3 is 1. The first-order chi connectivity index (χ1) is 9.20. The highest BCUT2D eigenvalue weighted by molar-refractivity contribution is 6.30. The quantitative estimate of drug-likeness (QED) is 0.820. The lowest BCUT2D eigenvalue weighted by molar-refractivity contribution is -0.0980. The molecule has 1 fully saturated rings. The third-order valence-corrected chi connectivity index (χ3v) is 4.45. The van der Waals surface area contributed by atoms with Crippen molar-refractivity contribution >= 4 is 11.6 Å². The smallest absolute Gasteiger partial charge is 0.0834 e. The van der Waals surface area contributed by atoms with Crippen LogP contribution in [-0.2, 0) is 11.2 Å². The van der Waals surface area contributed by atoms with Crippen LogP contribution < -0.4 is 5.32 Å². The summed E-state index contributed by atoms with van der Waals surface area (Å²) >= 11 is 6.08. The van der Waals surface area contributed by atoms with Gasteiger partial charge in [-0.1, -0.05) is 30.7 Å². The number of halogens is 1. The van der Waals surface area contributed by atoms with Gasteiger partial charge in [-0.05, 0) is 56.3 Å². The maximum Gasteiger partial charge on any atom is 0.0834 e. The third-order valence-electron chi connectivity index (χ3n) is 4.21. The van der Waals surface area contributed by atoms with E-state index in [2.05, 4.69) is 24.4 Å². The van der Waals surface area contributed by atoms with Crippen molar-refractivity contribution in [1.82, 2.24) is 5.32 Å². The van der Waals surface area contributed by atoms with Crippen LogP contribution >= 0.6 is 11.6 Å². The van der Waals surface area contributed by atoms with E-state index in [1.807, 2.05) is 19.2 Å². The molecule has 1 N–H and O–H groups in total. The van der Waals surface area contributed by atoms with Crippen LogP contribution in [0.1, 0.15) is 38.2 Å². The largest absolute Gasteiger partial charge is 0.377 e. The summed E-state index contributed by atoms with van der Waals surface area (Å²) in [5.74, 6) is 0. The zero-order valence-electron chi connectivity index (χ0n) is 11.9. The lowest BCUT2D eigenvalue weighted by atomic mass is 9.72. The molecule has 0 saturated heterocycles. The Morgan fingerprint density at radius 2 is 2.21 bits per heavy atom. The van der Waals surface area contributed by atoms with Gasteiger partial charge in [-0.25, -0.2) is 0 Å². The molecule has 0 amide bonds. The van der Waals surface area contributed by atoms with E-state index in [-0.39, 0.29) is 5.60 Å².